The molecule has 2 saturated heterocycles. The predicted octanol–water partition coefficient (Wildman–Crippen LogP) is 2.44. The molecule has 22 heavy (non-hydrogen) atoms. The van der Waals surface area contributed by atoms with Gasteiger partial charge in [-0.1, -0.05) is 12.7 Å². The number of morpholine rings is 1. The van der Waals surface area contributed by atoms with Crippen LogP contribution in [0.3, 0.4) is 0 Å². The van der Waals surface area contributed by atoms with Gasteiger partial charge in [-0.3, -0.25) is 0 Å². The van der Waals surface area contributed by atoms with Crippen LogP contribution >= 0.6 is 0 Å². The summed E-state index contributed by atoms with van der Waals surface area (Å²) in [6.45, 7) is 17.1. The van der Waals surface area contributed by atoms with Crippen molar-refractivity contribution in [3.63, 3.8) is 0 Å². The third kappa shape index (κ3) is 3.45. The molecular weight excluding hydrogens is 279 g/mol. The van der Waals surface area contributed by atoms with E-state index in [2.05, 4.69) is 11.5 Å². The van der Waals surface area contributed by atoms with Gasteiger partial charge in [0.2, 0.25) is 0 Å². The van der Waals surface area contributed by atoms with Gasteiger partial charge in [-0.25, -0.2) is 4.99 Å². The van der Waals surface area contributed by atoms with Crippen LogP contribution in [0.4, 0.5) is 0 Å². The van der Waals surface area contributed by atoms with Crippen molar-refractivity contribution >= 4 is 13.0 Å². The molecule has 0 bridgehead atoms. The van der Waals surface area contributed by atoms with Crippen molar-refractivity contribution in [2.45, 2.75) is 45.8 Å². The fourth-order valence-corrected chi connectivity index (χ4v) is 2.39. The Labute approximate surface area is 134 Å². The van der Waals surface area contributed by atoms with E-state index in [9.17, 15) is 0 Å². The molecule has 0 aromatic heterocycles. The van der Waals surface area contributed by atoms with Gasteiger partial charge in [0, 0.05) is 13.1 Å². The average molecular weight is 306 g/mol. The monoisotopic (exact) mass is 306 g/mol. The molecule has 0 radical (unpaired) electrons. The van der Waals surface area contributed by atoms with Crippen molar-refractivity contribution in [3.8, 4) is 0 Å². The Morgan fingerprint density at radius 1 is 1.14 bits per heavy atom. The highest BCUT2D eigenvalue weighted by Gasteiger charge is 2.52. The second-order valence-electron chi connectivity index (χ2n) is 6.58. The molecule has 0 aliphatic carbocycles. The summed E-state index contributed by atoms with van der Waals surface area (Å²) >= 11 is 0. The van der Waals surface area contributed by atoms with E-state index < -0.39 is 7.12 Å². The summed E-state index contributed by atoms with van der Waals surface area (Å²) in [5, 5.41) is 0. The van der Waals surface area contributed by atoms with Gasteiger partial charge in [0.25, 0.3) is 0 Å². The summed E-state index contributed by atoms with van der Waals surface area (Å²) in [7, 11) is -0.453. The molecule has 0 atom stereocenters. The van der Waals surface area contributed by atoms with Crippen LogP contribution in [0.2, 0.25) is 0 Å². The Morgan fingerprint density at radius 3 is 2.14 bits per heavy atom. The van der Waals surface area contributed by atoms with E-state index in [0.717, 1.165) is 24.5 Å². The summed E-state index contributed by atoms with van der Waals surface area (Å²) in [5.74, 6) is 0.839. The van der Waals surface area contributed by atoms with Gasteiger partial charge in [-0.2, -0.15) is 0 Å². The third-order valence-corrected chi connectivity index (χ3v) is 4.55. The maximum absolute atomic E-state index is 6.07. The first-order valence-corrected chi connectivity index (χ1v) is 7.86. The van der Waals surface area contributed by atoms with E-state index in [-0.39, 0.29) is 11.2 Å². The minimum absolute atomic E-state index is 0.366. The van der Waals surface area contributed by atoms with Crippen LogP contribution in [0.1, 0.15) is 34.6 Å². The average Bonchev–Trinajstić information content (AvgIpc) is 2.69. The van der Waals surface area contributed by atoms with Crippen molar-refractivity contribution in [2.75, 3.05) is 26.3 Å². The highest BCUT2D eigenvalue weighted by Crippen LogP contribution is 2.38. The van der Waals surface area contributed by atoms with Crippen molar-refractivity contribution in [2.24, 2.45) is 4.99 Å². The zero-order valence-electron chi connectivity index (χ0n) is 14.4. The van der Waals surface area contributed by atoms with Crippen LogP contribution < -0.4 is 0 Å². The lowest BCUT2D eigenvalue weighted by molar-refractivity contribution is 0.00578. The smallest absolute Gasteiger partial charge is 0.398 e. The number of allylic oxidation sites excluding steroid dienone is 1. The van der Waals surface area contributed by atoms with Gasteiger partial charge >= 0.3 is 7.12 Å². The van der Waals surface area contributed by atoms with Crippen LogP contribution in [0, 0.1) is 0 Å². The highest BCUT2D eigenvalue weighted by atomic mass is 16.7. The summed E-state index contributed by atoms with van der Waals surface area (Å²) in [6, 6.07) is 0. The van der Waals surface area contributed by atoms with Crippen LogP contribution in [-0.4, -0.2) is 55.4 Å². The maximum Gasteiger partial charge on any atom is 0.514 e. The Hall–Kier alpha value is -1.11. The van der Waals surface area contributed by atoms with Gasteiger partial charge in [0.05, 0.1) is 30.0 Å². The van der Waals surface area contributed by atoms with Gasteiger partial charge in [-0.05, 0) is 40.7 Å². The summed E-state index contributed by atoms with van der Waals surface area (Å²) in [5.41, 5.74) is 0.0452. The number of ether oxygens (including phenoxy) is 1. The summed E-state index contributed by atoms with van der Waals surface area (Å²) in [4.78, 5) is 6.90. The lowest BCUT2D eigenvalue weighted by Crippen LogP contribution is -2.41. The Morgan fingerprint density at radius 2 is 1.68 bits per heavy atom. The molecule has 0 aromatic carbocycles. The van der Waals surface area contributed by atoms with E-state index in [1.54, 1.807) is 6.08 Å². The predicted molar refractivity (Wildman–Crippen MR) is 89.9 cm³/mol. The van der Waals surface area contributed by atoms with Crippen molar-refractivity contribution in [1.82, 2.24) is 4.90 Å². The molecular formula is C16H27BN2O3. The second-order valence-corrected chi connectivity index (χ2v) is 6.58. The van der Waals surface area contributed by atoms with Gasteiger partial charge < -0.3 is 18.9 Å². The quantitative estimate of drug-likeness (QED) is 0.456. The lowest BCUT2D eigenvalue weighted by Gasteiger charge is -2.32. The number of nitrogens with zero attached hydrogens (tertiary/aromatic N) is 2. The molecule has 6 heteroatoms. The lowest BCUT2D eigenvalue weighted by atomic mass is 9.84. The molecule has 0 N–H and O–H groups in total. The minimum Gasteiger partial charge on any atom is -0.398 e. The SMILES string of the molecule is C=C/C(=N\C(=C/C)B1OC(C)(C)C(C)(C)O1)N1CCOCC1. The molecule has 0 saturated carbocycles. The third-order valence-electron chi connectivity index (χ3n) is 4.55. The molecule has 2 fully saturated rings. The van der Waals surface area contributed by atoms with Crippen molar-refractivity contribution in [3.05, 3.63) is 24.3 Å². The number of amidine groups is 1. The van der Waals surface area contributed by atoms with Crippen LogP contribution in [0.5, 0.6) is 0 Å². The molecule has 2 heterocycles. The molecule has 0 aromatic rings. The van der Waals surface area contributed by atoms with Crippen molar-refractivity contribution in [1.29, 1.82) is 0 Å². The molecule has 0 amide bonds. The van der Waals surface area contributed by atoms with Crippen LogP contribution in [0.15, 0.2) is 29.3 Å². The first-order chi connectivity index (χ1) is 10.3. The molecule has 0 spiro atoms. The summed E-state index contributed by atoms with van der Waals surface area (Å²) in [6.07, 6.45) is 3.71. The first-order valence-electron chi connectivity index (χ1n) is 7.86. The Bertz CT molecular complexity index is 464. The number of aliphatic imine (C=N–C) groups is 1. The minimum atomic E-state index is -0.453. The van der Waals surface area contributed by atoms with E-state index in [1.807, 2.05) is 40.7 Å². The van der Waals surface area contributed by atoms with E-state index in [1.165, 1.54) is 0 Å². The molecule has 2 rings (SSSR count). The van der Waals surface area contributed by atoms with E-state index in [4.69, 9.17) is 19.0 Å². The zero-order valence-corrected chi connectivity index (χ0v) is 14.4. The normalized spacial score (nSPS) is 25.5. The zero-order chi connectivity index (χ0) is 16.4. The van der Waals surface area contributed by atoms with Gasteiger partial charge in [0.1, 0.15) is 5.84 Å². The molecule has 122 valence electrons. The first kappa shape index (κ1) is 17.3. The van der Waals surface area contributed by atoms with Crippen LogP contribution in [-0.2, 0) is 14.0 Å². The Balaban J connectivity index is 2.18. The largest absolute Gasteiger partial charge is 0.514 e. The van der Waals surface area contributed by atoms with Gasteiger partial charge in [0.15, 0.2) is 0 Å². The highest BCUT2D eigenvalue weighted by molar-refractivity contribution is 6.54. The fraction of sp³-hybridized carbons (Fsp3) is 0.688. The molecule has 2 aliphatic rings. The maximum atomic E-state index is 6.07. The number of rotatable bonds is 3. The molecule has 2 aliphatic heterocycles. The van der Waals surface area contributed by atoms with Crippen LogP contribution in [0.25, 0.3) is 0 Å². The Kier molecular flexibility index (Phi) is 5.15. The van der Waals surface area contributed by atoms with E-state index in [0.29, 0.717) is 13.2 Å². The van der Waals surface area contributed by atoms with E-state index >= 15 is 0 Å². The molecule has 5 nitrogen and oxygen atoms in total. The van der Waals surface area contributed by atoms with Gasteiger partial charge in [-0.15, -0.1) is 0 Å². The molecule has 0 unspecified atom stereocenters. The van der Waals surface area contributed by atoms with Crippen molar-refractivity contribution < 1.29 is 14.0 Å². The standard InChI is InChI=1S/C16H27BN2O3/c1-7-13(17-21-15(3,4)16(5,6)22-17)18-14(8-2)19-9-11-20-12-10-19/h7-8H,2,9-12H2,1,3-6H3/b13-7-,18-14+. The number of hydrogen-bond acceptors (Lipinski definition) is 4. The second kappa shape index (κ2) is 6.56. The fourth-order valence-electron chi connectivity index (χ4n) is 2.39. The number of hydrogen-bond donors (Lipinski definition) is 0. The summed E-state index contributed by atoms with van der Waals surface area (Å²) < 4.78 is 17.5. The topological polar surface area (TPSA) is 43.3 Å².